The van der Waals surface area contributed by atoms with Crippen LogP contribution in [0.4, 0.5) is 15.3 Å². The Hall–Kier alpha value is -4.99. The molecule has 2 atom stereocenters. The van der Waals surface area contributed by atoms with Gasteiger partial charge in [0.25, 0.3) is 11.8 Å². The molecule has 0 saturated heterocycles. The summed E-state index contributed by atoms with van der Waals surface area (Å²) in [5, 5.41) is 10.8. The summed E-state index contributed by atoms with van der Waals surface area (Å²) in [6.07, 6.45) is 4.29. The van der Waals surface area contributed by atoms with Crippen LogP contribution in [0.25, 0.3) is 0 Å². The van der Waals surface area contributed by atoms with Crippen molar-refractivity contribution in [2.75, 3.05) is 45.6 Å². The molecule has 0 fully saturated rings. The Morgan fingerprint density at radius 3 is 2.09 bits per heavy atom. The predicted molar refractivity (Wildman–Crippen MR) is 200 cm³/mol. The third-order valence-corrected chi connectivity index (χ3v) is 8.86. The molecule has 0 saturated carbocycles. The van der Waals surface area contributed by atoms with Crippen LogP contribution in [-0.4, -0.2) is 114 Å². The van der Waals surface area contributed by atoms with Gasteiger partial charge < -0.3 is 36.6 Å². The summed E-state index contributed by atoms with van der Waals surface area (Å²) in [7, 11) is 3.68. The highest BCUT2D eigenvalue weighted by atomic mass is 16.6. The molecule has 0 spiro atoms. The van der Waals surface area contributed by atoms with Gasteiger partial charge in [-0.3, -0.25) is 33.8 Å². The fourth-order valence-corrected chi connectivity index (χ4v) is 5.11. The van der Waals surface area contributed by atoms with E-state index in [-0.39, 0.29) is 61.7 Å². The molecule has 16 heteroatoms. The maximum atomic E-state index is 13.4. The number of unbranched alkanes of at least 4 members (excludes halogenated alkanes) is 2. The number of amides is 8. The van der Waals surface area contributed by atoms with Gasteiger partial charge in [-0.2, -0.15) is 0 Å². The van der Waals surface area contributed by atoms with Gasteiger partial charge >= 0.3 is 12.1 Å². The number of benzene rings is 1. The number of urea groups is 1. The first-order valence-electron chi connectivity index (χ1n) is 18.0. The number of nitrogens with two attached hydrogens (primary N) is 1. The van der Waals surface area contributed by atoms with E-state index in [1.807, 2.05) is 7.05 Å². The summed E-state index contributed by atoms with van der Waals surface area (Å²) in [6.45, 7) is 11.5. The second-order valence-electron chi connectivity index (χ2n) is 14.5. The molecular weight excluding hydrogens is 684 g/mol. The van der Waals surface area contributed by atoms with E-state index in [2.05, 4.69) is 46.9 Å². The number of carbonyl (C=O) groups excluding carboxylic acids is 7. The number of hydrogen-bond donors (Lipinski definition) is 5. The molecule has 1 heterocycles. The molecule has 1 unspecified atom stereocenters. The van der Waals surface area contributed by atoms with Crippen LogP contribution < -0.4 is 27.0 Å². The molecule has 2 rings (SSSR count). The average molecular weight is 743 g/mol. The molecule has 1 aromatic rings. The van der Waals surface area contributed by atoms with Crippen molar-refractivity contribution < 1.29 is 38.3 Å². The van der Waals surface area contributed by atoms with E-state index in [1.165, 1.54) is 17.1 Å². The van der Waals surface area contributed by atoms with Crippen molar-refractivity contribution >= 4 is 47.3 Å². The highest BCUT2D eigenvalue weighted by molar-refractivity contribution is 6.12. The van der Waals surface area contributed by atoms with Crippen LogP contribution in [0.1, 0.15) is 78.7 Å². The maximum Gasteiger partial charge on any atom is 0.409 e. The van der Waals surface area contributed by atoms with Crippen LogP contribution in [-0.2, 0) is 35.3 Å². The normalized spacial score (nSPS) is 13.9. The largest absolute Gasteiger partial charge is 0.445 e. The summed E-state index contributed by atoms with van der Waals surface area (Å²) in [6, 6.07) is 4.11. The number of carbonyl (C=O) groups is 7. The predicted octanol–water partition coefficient (Wildman–Crippen LogP) is 2.48. The average Bonchev–Trinajstić information content (AvgIpc) is 3.41. The summed E-state index contributed by atoms with van der Waals surface area (Å²) in [4.78, 5) is 91.5. The minimum Gasteiger partial charge on any atom is -0.445 e. The lowest BCUT2D eigenvalue weighted by molar-refractivity contribution is -0.137. The summed E-state index contributed by atoms with van der Waals surface area (Å²) < 4.78 is 5.45. The molecule has 6 N–H and O–H groups in total. The van der Waals surface area contributed by atoms with E-state index < -0.39 is 36.0 Å². The Kier molecular flexibility index (Phi) is 17.9. The van der Waals surface area contributed by atoms with Crippen LogP contribution in [0.2, 0.25) is 0 Å². The van der Waals surface area contributed by atoms with E-state index in [4.69, 9.17) is 10.5 Å². The van der Waals surface area contributed by atoms with Crippen LogP contribution in [0.3, 0.4) is 0 Å². The van der Waals surface area contributed by atoms with Crippen molar-refractivity contribution in [1.82, 2.24) is 30.7 Å². The molecule has 0 aliphatic carbocycles. The number of nitrogens with one attached hydrogen (secondary N) is 4. The highest BCUT2D eigenvalue weighted by Crippen LogP contribution is 2.14. The number of imide groups is 1. The van der Waals surface area contributed by atoms with Gasteiger partial charge in [0.05, 0.1) is 0 Å². The van der Waals surface area contributed by atoms with Crippen LogP contribution in [0, 0.1) is 5.92 Å². The lowest BCUT2D eigenvalue weighted by Crippen LogP contribution is -2.54. The number of nitrogens with zero attached hydrogens (tertiary/aromatic N) is 3. The Morgan fingerprint density at radius 1 is 0.868 bits per heavy atom. The van der Waals surface area contributed by atoms with Gasteiger partial charge in [0.2, 0.25) is 17.7 Å². The van der Waals surface area contributed by atoms with Gasteiger partial charge in [-0.25, -0.2) is 9.59 Å². The highest BCUT2D eigenvalue weighted by Gasteiger charge is 2.29. The molecule has 1 aliphatic heterocycles. The fourth-order valence-electron chi connectivity index (χ4n) is 5.11. The second-order valence-corrected chi connectivity index (χ2v) is 14.5. The van der Waals surface area contributed by atoms with Crippen molar-refractivity contribution in [3.63, 3.8) is 0 Å². The van der Waals surface area contributed by atoms with Gasteiger partial charge in [-0.1, -0.05) is 32.4 Å². The van der Waals surface area contributed by atoms with Crippen LogP contribution >= 0.6 is 0 Å². The Balaban J connectivity index is 1.93. The first kappa shape index (κ1) is 44.2. The monoisotopic (exact) mass is 742 g/mol. The molecule has 0 radical (unpaired) electrons. The number of likely N-dealkylation sites (N-methyl/N-ethyl adjacent to an activating group) is 2. The fraction of sp³-hybridized carbons (Fsp3) is 0.595. The lowest BCUT2D eigenvalue weighted by Gasteiger charge is -2.33. The Labute approximate surface area is 312 Å². The number of rotatable bonds is 21. The lowest BCUT2D eigenvalue weighted by atomic mass is 10.0. The summed E-state index contributed by atoms with van der Waals surface area (Å²) >= 11 is 0. The number of ether oxygens (including phenoxy) is 1. The third-order valence-electron chi connectivity index (χ3n) is 8.86. The zero-order valence-electron chi connectivity index (χ0n) is 32.2. The summed E-state index contributed by atoms with van der Waals surface area (Å²) in [5.41, 5.74) is 6.30. The van der Waals surface area contributed by atoms with Gasteiger partial charge in [0, 0.05) is 63.0 Å². The van der Waals surface area contributed by atoms with Crippen molar-refractivity contribution in [3.8, 4) is 0 Å². The zero-order valence-corrected chi connectivity index (χ0v) is 32.2. The van der Waals surface area contributed by atoms with Gasteiger partial charge in [0.15, 0.2) is 0 Å². The minimum absolute atomic E-state index is 0.0207. The van der Waals surface area contributed by atoms with E-state index in [9.17, 15) is 33.6 Å². The number of primary amides is 1. The first-order valence-corrected chi connectivity index (χ1v) is 18.0. The molecule has 16 nitrogen and oxygen atoms in total. The van der Waals surface area contributed by atoms with Gasteiger partial charge in [-0.15, -0.1) is 0 Å². The molecule has 8 amide bonds. The quantitative estimate of drug-likeness (QED) is 0.0924. The van der Waals surface area contributed by atoms with E-state index in [0.29, 0.717) is 50.0 Å². The minimum atomic E-state index is -1.01. The first-order chi connectivity index (χ1) is 24.9. The molecule has 1 aliphatic rings. The van der Waals surface area contributed by atoms with Crippen LogP contribution in [0.5, 0.6) is 0 Å². The molecule has 294 valence electrons. The molecule has 53 heavy (non-hydrogen) atoms. The Morgan fingerprint density at radius 2 is 1.51 bits per heavy atom. The van der Waals surface area contributed by atoms with Crippen molar-refractivity contribution in [2.45, 2.75) is 97.4 Å². The molecule has 1 aromatic carbocycles. The van der Waals surface area contributed by atoms with Crippen LogP contribution in [0.15, 0.2) is 36.4 Å². The third kappa shape index (κ3) is 16.1. The van der Waals surface area contributed by atoms with E-state index >= 15 is 0 Å². The van der Waals surface area contributed by atoms with Crippen molar-refractivity contribution in [1.29, 1.82) is 0 Å². The number of anilines is 1. The van der Waals surface area contributed by atoms with Crippen molar-refractivity contribution in [3.05, 3.63) is 42.0 Å². The topological polar surface area (TPSA) is 213 Å². The van der Waals surface area contributed by atoms with Gasteiger partial charge in [0.1, 0.15) is 18.7 Å². The van der Waals surface area contributed by atoms with Crippen molar-refractivity contribution in [2.24, 2.45) is 11.7 Å². The number of hydrogen-bond acceptors (Lipinski definition) is 9. The second kappa shape index (κ2) is 21.5. The Bertz CT molecular complexity index is 1440. The van der Waals surface area contributed by atoms with Gasteiger partial charge in [-0.05, 0) is 77.1 Å². The van der Waals surface area contributed by atoms with E-state index in [0.717, 1.165) is 4.90 Å². The summed E-state index contributed by atoms with van der Waals surface area (Å²) in [5.74, 6) is -2.38. The maximum absolute atomic E-state index is 13.4. The molecular formula is C37H58N8O8. The molecule has 0 bridgehead atoms. The smallest absolute Gasteiger partial charge is 0.409 e. The van der Waals surface area contributed by atoms with E-state index in [1.54, 1.807) is 45.2 Å². The SMILES string of the molecule is CC(C)C(NC(=O)CCCCCN1C(=O)C=CC1=O)C(=O)N[C@@H](CCCNC(N)=O)C(=O)Nc1ccc(COC(=O)N(C)CCN(C)C(C)(C)C)cc1. The standard InChI is InChI=1S/C37H58N8O8/c1-25(2)32(42-29(46)13-9-8-10-21-45-30(47)18-19-31(45)48)34(50)41-28(12-11-20-39-35(38)51)33(49)40-27-16-14-26(15-17-27)24-53-36(52)43(6)22-23-44(7)37(3,4)5/h14-19,25,28,32H,8-13,20-24H2,1-7H3,(H,40,49)(H,41,50)(H,42,46)(H3,38,39,51)/t28-,32?/m0/s1. The zero-order chi connectivity index (χ0) is 39.7. The molecule has 0 aromatic heterocycles.